The van der Waals surface area contributed by atoms with Crippen LogP contribution in [0.15, 0.2) is 66.7 Å². The minimum atomic E-state index is -0.384. The monoisotopic (exact) mass is 430 g/mol. The lowest BCUT2D eigenvalue weighted by Crippen LogP contribution is -2.00. The van der Waals surface area contributed by atoms with E-state index in [2.05, 4.69) is 0 Å². The molecule has 0 spiro atoms. The second-order valence-corrected chi connectivity index (χ2v) is 6.90. The molecule has 0 amide bonds. The van der Waals surface area contributed by atoms with Gasteiger partial charge in [-0.15, -0.1) is 0 Å². The summed E-state index contributed by atoms with van der Waals surface area (Å²) >= 11 is 12.2. The number of halogens is 3. The van der Waals surface area contributed by atoms with Crippen LogP contribution >= 0.6 is 23.2 Å². The summed E-state index contributed by atoms with van der Waals surface area (Å²) in [6.07, 6.45) is 3.12. The van der Waals surface area contributed by atoms with Gasteiger partial charge in [-0.05, 0) is 60.2 Å². The molecule has 0 bridgehead atoms. The standard InChI is InChI=1S/C23H17Cl2FO3/c1-28-21-12-6-15(5-11-20(27)16-7-9-18(26)10-8-16)13-17(21)14-29-22-4-2-3-19(24)23(22)25/h2-13H,14H2,1H3/b11-5+. The number of carbonyl (C=O) groups excluding carboxylic acids is 1. The van der Waals surface area contributed by atoms with Gasteiger partial charge in [0.25, 0.3) is 0 Å². The molecule has 0 N–H and O–H groups in total. The molecule has 0 unspecified atom stereocenters. The number of rotatable bonds is 7. The summed E-state index contributed by atoms with van der Waals surface area (Å²) in [7, 11) is 1.57. The van der Waals surface area contributed by atoms with Crippen molar-refractivity contribution in [1.29, 1.82) is 0 Å². The van der Waals surface area contributed by atoms with Gasteiger partial charge >= 0.3 is 0 Å². The van der Waals surface area contributed by atoms with Crippen molar-refractivity contribution in [3.05, 3.63) is 99.3 Å². The Balaban J connectivity index is 1.76. The molecule has 0 atom stereocenters. The molecule has 0 aliphatic carbocycles. The van der Waals surface area contributed by atoms with Gasteiger partial charge in [-0.2, -0.15) is 0 Å². The van der Waals surface area contributed by atoms with Crippen molar-refractivity contribution in [2.45, 2.75) is 6.61 Å². The zero-order chi connectivity index (χ0) is 20.8. The highest BCUT2D eigenvalue weighted by atomic mass is 35.5. The van der Waals surface area contributed by atoms with Crippen LogP contribution in [0.3, 0.4) is 0 Å². The van der Waals surface area contributed by atoms with E-state index in [4.69, 9.17) is 32.7 Å². The second-order valence-electron chi connectivity index (χ2n) is 6.12. The molecule has 148 valence electrons. The van der Waals surface area contributed by atoms with Gasteiger partial charge in [0.1, 0.15) is 28.9 Å². The Morgan fingerprint density at radius 1 is 1.03 bits per heavy atom. The third-order valence-corrected chi connectivity index (χ3v) is 4.96. The quantitative estimate of drug-likeness (QED) is 0.312. The summed E-state index contributed by atoms with van der Waals surface area (Å²) in [6.45, 7) is 0.205. The average Bonchev–Trinajstić information content (AvgIpc) is 2.73. The maximum absolute atomic E-state index is 13.0. The maximum Gasteiger partial charge on any atom is 0.185 e. The summed E-state index contributed by atoms with van der Waals surface area (Å²) in [5, 5.41) is 0.751. The SMILES string of the molecule is COc1ccc(/C=C/C(=O)c2ccc(F)cc2)cc1COc1cccc(Cl)c1Cl. The second kappa shape index (κ2) is 9.59. The molecule has 3 aromatic carbocycles. The highest BCUT2D eigenvalue weighted by Crippen LogP contribution is 2.32. The molecule has 29 heavy (non-hydrogen) atoms. The Hall–Kier alpha value is -2.82. The van der Waals surface area contributed by atoms with Crippen molar-refractivity contribution in [3.8, 4) is 11.5 Å². The third-order valence-electron chi connectivity index (χ3n) is 4.16. The van der Waals surface area contributed by atoms with Crippen molar-refractivity contribution in [2.75, 3.05) is 7.11 Å². The third kappa shape index (κ3) is 5.37. The lowest BCUT2D eigenvalue weighted by atomic mass is 10.1. The number of hydrogen-bond acceptors (Lipinski definition) is 3. The summed E-state index contributed by atoms with van der Waals surface area (Å²) in [6, 6.07) is 16.0. The van der Waals surface area contributed by atoms with Crippen LogP contribution in [0.2, 0.25) is 10.0 Å². The Morgan fingerprint density at radius 3 is 2.52 bits per heavy atom. The smallest absolute Gasteiger partial charge is 0.185 e. The Bertz CT molecular complexity index is 1050. The van der Waals surface area contributed by atoms with Crippen LogP contribution in [-0.4, -0.2) is 12.9 Å². The van der Waals surface area contributed by atoms with Crippen LogP contribution in [0.25, 0.3) is 6.08 Å². The van der Waals surface area contributed by atoms with Crippen molar-refractivity contribution in [1.82, 2.24) is 0 Å². The van der Waals surface area contributed by atoms with E-state index in [9.17, 15) is 9.18 Å². The predicted octanol–water partition coefficient (Wildman–Crippen LogP) is 6.62. The van der Waals surface area contributed by atoms with Gasteiger partial charge in [0.05, 0.1) is 12.1 Å². The number of allylic oxidation sites excluding steroid dienone is 1. The molecule has 0 aliphatic heterocycles. The van der Waals surface area contributed by atoms with Crippen molar-refractivity contribution in [2.24, 2.45) is 0 Å². The van der Waals surface area contributed by atoms with E-state index < -0.39 is 0 Å². The first-order valence-corrected chi connectivity index (χ1v) is 9.45. The number of ether oxygens (including phenoxy) is 2. The number of hydrogen-bond donors (Lipinski definition) is 0. The molecule has 0 aliphatic rings. The molecule has 0 saturated carbocycles. The Labute approximate surface area is 178 Å². The Morgan fingerprint density at radius 2 is 1.79 bits per heavy atom. The molecule has 0 radical (unpaired) electrons. The van der Waals surface area contributed by atoms with Crippen LogP contribution in [0.5, 0.6) is 11.5 Å². The number of carbonyl (C=O) groups is 1. The van der Waals surface area contributed by atoms with E-state index in [-0.39, 0.29) is 18.2 Å². The highest BCUT2D eigenvalue weighted by Gasteiger charge is 2.09. The van der Waals surface area contributed by atoms with Gasteiger partial charge in [-0.25, -0.2) is 4.39 Å². The van der Waals surface area contributed by atoms with Crippen LogP contribution in [0.1, 0.15) is 21.5 Å². The van der Waals surface area contributed by atoms with Gasteiger partial charge in [0, 0.05) is 11.1 Å². The first-order chi connectivity index (χ1) is 14.0. The molecule has 0 aromatic heterocycles. The lowest BCUT2D eigenvalue weighted by Gasteiger charge is -2.12. The molecular weight excluding hydrogens is 414 g/mol. The van der Waals surface area contributed by atoms with E-state index in [1.807, 2.05) is 12.1 Å². The molecule has 6 heteroatoms. The molecule has 0 heterocycles. The molecule has 3 nitrogen and oxygen atoms in total. The fraction of sp³-hybridized carbons (Fsp3) is 0.0870. The zero-order valence-electron chi connectivity index (χ0n) is 15.5. The maximum atomic E-state index is 13.0. The van der Waals surface area contributed by atoms with E-state index in [1.54, 1.807) is 37.5 Å². The number of benzene rings is 3. The van der Waals surface area contributed by atoms with Gasteiger partial charge < -0.3 is 9.47 Å². The first kappa shape index (κ1) is 20.9. The van der Waals surface area contributed by atoms with Crippen LogP contribution in [0.4, 0.5) is 4.39 Å². The van der Waals surface area contributed by atoms with Crippen molar-refractivity contribution < 1.29 is 18.7 Å². The molecule has 0 saturated heterocycles. The number of ketones is 1. The van der Waals surface area contributed by atoms with E-state index in [0.29, 0.717) is 27.1 Å². The fourth-order valence-electron chi connectivity index (χ4n) is 2.65. The normalized spacial score (nSPS) is 10.9. The Kier molecular flexibility index (Phi) is 6.91. The minimum Gasteiger partial charge on any atom is -0.496 e. The summed E-state index contributed by atoms with van der Waals surface area (Å²) in [5.74, 6) is 0.508. The predicted molar refractivity (Wildman–Crippen MR) is 114 cm³/mol. The first-order valence-electron chi connectivity index (χ1n) is 8.69. The van der Waals surface area contributed by atoms with Crippen molar-refractivity contribution in [3.63, 3.8) is 0 Å². The van der Waals surface area contributed by atoms with Gasteiger partial charge in [-0.1, -0.05) is 41.4 Å². The largest absolute Gasteiger partial charge is 0.496 e. The van der Waals surface area contributed by atoms with Gasteiger partial charge in [-0.3, -0.25) is 4.79 Å². The zero-order valence-corrected chi connectivity index (χ0v) is 17.0. The average molecular weight is 431 g/mol. The van der Waals surface area contributed by atoms with E-state index in [1.165, 1.54) is 30.3 Å². The fourth-order valence-corrected chi connectivity index (χ4v) is 2.99. The minimum absolute atomic E-state index is 0.205. The molecular formula is C23H17Cl2FO3. The molecule has 3 rings (SSSR count). The van der Waals surface area contributed by atoms with E-state index in [0.717, 1.165) is 11.1 Å². The lowest BCUT2D eigenvalue weighted by molar-refractivity contribution is 0.104. The van der Waals surface area contributed by atoms with Gasteiger partial charge in [0.15, 0.2) is 5.78 Å². The van der Waals surface area contributed by atoms with Crippen LogP contribution in [0, 0.1) is 5.82 Å². The van der Waals surface area contributed by atoms with Crippen molar-refractivity contribution >= 4 is 35.1 Å². The molecule has 3 aromatic rings. The number of methoxy groups -OCH3 is 1. The summed E-state index contributed by atoms with van der Waals surface area (Å²) in [4.78, 5) is 12.2. The molecule has 0 fully saturated rings. The summed E-state index contributed by atoms with van der Waals surface area (Å²) < 4.78 is 24.2. The van der Waals surface area contributed by atoms with Gasteiger partial charge in [0.2, 0.25) is 0 Å². The topological polar surface area (TPSA) is 35.5 Å². The summed E-state index contributed by atoms with van der Waals surface area (Å²) in [5.41, 5.74) is 1.98. The highest BCUT2D eigenvalue weighted by molar-refractivity contribution is 6.42. The van der Waals surface area contributed by atoms with Crippen LogP contribution in [-0.2, 0) is 6.61 Å². The van der Waals surface area contributed by atoms with E-state index >= 15 is 0 Å². The van der Waals surface area contributed by atoms with Crippen LogP contribution < -0.4 is 9.47 Å².